The molecule has 2 nitrogen and oxygen atoms in total. The van der Waals surface area contributed by atoms with Crippen molar-refractivity contribution in [2.24, 2.45) is 0 Å². The SMILES string of the molecule is CNc1nc(C)cc(C)c1C. The third kappa shape index (κ3) is 1.50. The molecule has 1 aromatic rings. The lowest BCUT2D eigenvalue weighted by molar-refractivity contribution is 1.13. The van der Waals surface area contributed by atoms with Crippen LogP contribution in [0.4, 0.5) is 5.82 Å². The van der Waals surface area contributed by atoms with Gasteiger partial charge in [0.25, 0.3) is 0 Å². The average Bonchev–Trinajstić information content (AvgIpc) is 1.96. The third-order valence-corrected chi connectivity index (χ3v) is 1.90. The molecule has 1 heterocycles. The second kappa shape index (κ2) is 2.91. The lowest BCUT2D eigenvalue weighted by Gasteiger charge is -2.07. The van der Waals surface area contributed by atoms with Gasteiger partial charge in [0.2, 0.25) is 0 Å². The Hall–Kier alpha value is -1.05. The Labute approximate surface area is 67.7 Å². The zero-order valence-corrected chi connectivity index (χ0v) is 7.52. The second-order valence-corrected chi connectivity index (χ2v) is 2.80. The minimum absolute atomic E-state index is 0.988. The fourth-order valence-corrected chi connectivity index (χ4v) is 1.14. The molecule has 0 fully saturated rings. The number of aryl methyl sites for hydroxylation is 2. The molecule has 60 valence electrons. The highest BCUT2D eigenvalue weighted by Gasteiger charge is 2.00. The number of hydrogen-bond donors (Lipinski definition) is 1. The highest BCUT2D eigenvalue weighted by Crippen LogP contribution is 2.15. The monoisotopic (exact) mass is 150 g/mol. The molecule has 0 atom stereocenters. The predicted octanol–water partition coefficient (Wildman–Crippen LogP) is 2.05. The van der Waals surface area contributed by atoms with Gasteiger partial charge in [0, 0.05) is 12.7 Å². The molecule has 0 radical (unpaired) electrons. The summed E-state index contributed by atoms with van der Waals surface area (Å²) in [5, 5.41) is 3.07. The Morgan fingerprint density at radius 3 is 2.45 bits per heavy atom. The summed E-state index contributed by atoms with van der Waals surface area (Å²) in [4.78, 5) is 4.34. The summed E-state index contributed by atoms with van der Waals surface area (Å²) < 4.78 is 0. The van der Waals surface area contributed by atoms with Crippen molar-refractivity contribution in [3.63, 3.8) is 0 Å². The van der Waals surface area contributed by atoms with E-state index in [0.29, 0.717) is 0 Å². The van der Waals surface area contributed by atoms with Crippen LogP contribution < -0.4 is 5.32 Å². The van der Waals surface area contributed by atoms with Gasteiger partial charge in [-0.15, -0.1) is 0 Å². The van der Waals surface area contributed by atoms with E-state index in [1.54, 1.807) is 0 Å². The number of rotatable bonds is 1. The molecule has 11 heavy (non-hydrogen) atoms. The largest absolute Gasteiger partial charge is 0.373 e. The Balaban J connectivity index is 3.24. The highest BCUT2D eigenvalue weighted by atomic mass is 15.0. The number of nitrogens with one attached hydrogen (secondary N) is 1. The maximum atomic E-state index is 4.34. The lowest BCUT2D eigenvalue weighted by Crippen LogP contribution is -1.98. The van der Waals surface area contributed by atoms with E-state index < -0.39 is 0 Å². The number of nitrogens with zero attached hydrogens (tertiary/aromatic N) is 1. The van der Waals surface area contributed by atoms with Crippen LogP contribution in [0, 0.1) is 20.8 Å². The van der Waals surface area contributed by atoms with Crippen molar-refractivity contribution >= 4 is 5.82 Å². The van der Waals surface area contributed by atoms with Crippen LogP contribution in [-0.4, -0.2) is 12.0 Å². The fraction of sp³-hybridized carbons (Fsp3) is 0.444. The summed E-state index contributed by atoms with van der Waals surface area (Å²) in [6.45, 7) is 6.19. The summed E-state index contributed by atoms with van der Waals surface area (Å²) in [5.41, 5.74) is 3.59. The van der Waals surface area contributed by atoms with Crippen molar-refractivity contribution in [3.05, 3.63) is 22.9 Å². The average molecular weight is 150 g/mol. The zero-order valence-electron chi connectivity index (χ0n) is 7.52. The molecule has 0 aliphatic heterocycles. The summed E-state index contributed by atoms with van der Waals surface area (Å²) in [7, 11) is 1.90. The zero-order chi connectivity index (χ0) is 8.43. The minimum atomic E-state index is 0.988. The van der Waals surface area contributed by atoms with Gasteiger partial charge in [-0.05, 0) is 38.0 Å². The molecule has 0 amide bonds. The molecule has 1 aromatic heterocycles. The van der Waals surface area contributed by atoms with Crippen molar-refractivity contribution in [2.45, 2.75) is 20.8 Å². The highest BCUT2D eigenvalue weighted by molar-refractivity contribution is 5.47. The van der Waals surface area contributed by atoms with Crippen molar-refractivity contribution in [2.75, 3.05) is 12.4 Å². The predicted molar refractivity (Wildman–Crippen MR) is 48.0 cm³/mol. The van der Waals surface area contributed by atoms with Gasteiger partial charge < -0.3 is 5.32 Å². The second-order valence-electron chi connectivity index (χ2n) is 2.80. The van der Waals surface area contributed by atoms with Crippen molar-refractivity contribution < 1.29 is 0 Å². The van der Waals surface area contributed by atoms with Crippen LogP contribution in [0.1, 0.15) is 16.8 Å². The van der Waals surface area contributed by atoms with E-state index in [1.165, 1.54) is 11.1 Å². The first-order chi connectivity index (χ1) is 5.15. The van der Waals surface area contributed by atoms with Crippen LogP contribution in [-0.2, 0) is 0 Å². The summed E-state index contributed by atoms with van der Waals surface area (Å²) in [6, 6.07) is 2.09. The van der Waals surface area contributed by atoms with Crippen molar-refractivity contribution in [1.29, 1.82) is 0 Å². The van der Waals surface area contributed by atoms with Gasteiger partial charge in [-0.2, -0.15) is 0 Å². The smallest absolute Gasteiger partial charge is 0.129 e. The van der Waals surface area contributed by atoms with Gasteiger partial charge in [0.15, 0.2) is 0 Å². The lowest BCUT2D eigenvalue weighted by atomic mass is 10.1. The van der Waals surface area contributed by atoms with Gasteiger partial charge >= 0.3 is 0 Å². The van der Waals surface area contributed by atoms with Gasteiger partial charge in [-0.25, -0.2) is 4.98 Å². The molecule has 2 heteroatoms. The third-order valence-electron chi connectivity index (χ3n) is 1.90. The van der Waals surface area contributed by atoms with Crippen molar-refractivity contribution in [1.82, 2.24) is 4.98 Å². The van der Waals surface area contributed by atoms with Crippen LogP contribution in [0.5, 0.6) is 0 Å². The van der Waals surface area contributed by atoms with E-state index in [2.05, 4.69) is 30.2 Å². The van der Waals surface area contributed by atoms with Gasteiger partial charge in [0.1, 0.15) is 5.82 Å². The van der Waals surface area contributed by atoms with Gasteiger partial charge in [-0.1, -0.05) is 0 Å². The fourth-order valence-electron chi connectivity index (χ4n) is 1.14. The molecule has 0 saturated carbocycles. The number of anilines is 1. The Kier molecular flexibility index (Phi) is 2.13. The summed E-state index contributed by atoms with van der Waals surface area (Å²) >= 11 is 0. The molecule has 0 bridgehead atoms. The Morgan fingerprint density at radius 1 is 1.27 bits per heavy atom. The van der Waals surface area contributed by atoms with E-state index in [-0.39, 0.29) is 0 Å². The first-order valence-corrected chi connectivity index (χ1v) is 3.77. The molecule has 0 aromatic carbocycles. The van der Waals surface area contributed by atoms with Crippen molar-refractivity contribution in [3.8, 4) is 0 Å². The molecule has 0 spiro atoms. The normalized spacial score (nSPS) is 9.82. The Bertz CT molecular complexity index is 267. The van der Waals surface area contributed by atoms with Crippen LogP contribution in [0.3, 0.4) is 0 Å². The standard InChI is InChI=1S/C9H14N2/c1-6-5-7(2)11-9(10-4)8(6)3/h5H,1-4H3,(H,10,11). The quantitative estimate of drug-likeness (QED) is 0.662. The number of hydrogen-bond acceptors (Lipinski definition) is 2. The molecular formula is C9H14N2. The topological polar surface area (TPSA) is 24.9 Å². The molecule has 1 rings (SSSR count). The van der Waals surface area contributed by atoms with E-state index in [4.69, 9.17) is 0 Å². The minimum Gasteiger partial charge on any atom is -0.373 e. The van der Waals surface area contributed by atoms with Gasteiger partial charge in [0.05, 0.1) is 0 Å². The first-order valence-electron chi connectivity index (χ1n) is 3.77. The number of aromatic nitrogens is 1. The van der Waals surface area contributed by atoms with Crippen LogP contribution >= 0.6 is 0 Å². The molecule has 1 N–H and O–H groups in total. The van der Waals surface area contributed by atoms with E-state index in [9.17, 15) is 0 Å². The van der Waals surface area contributed by atoms with Crippen LogP contribution in [0.25, 0.3) is 0 Å². The first kappa shape index (κ1) is 8.05. The molecule has 0 unspecified atom stereocenters. The molecule has 0 aliphatic carbocycles. The molecule has 0 saturated heterocycles. The molecular weight excluding hydrogens is 136 g/mol. The summed E-state index contributed by atoms with van der Waals surface area (Å²) in [6.07, 6.45) is 0. The number of pyridine rings is 1. The molecule has 0 aliphatic rings. The van der Waals surface area contributed by atoms with E-state index in [1.807, 2.05) is 14.0 Å². The maximum absolute atomic E-state index is 4.34. The Morgan fingerprint density at radius 2 is 1.91 bits per heavy atom. The van der Waals surface area contributed by atoms with Crippen LogP contribution in [0.15, 0.2) is 6.07 Å². The van der Waals surface area contributed by atoms with E-state index >= 15 is 0 Å². The van der Waals surface area contributed by atoms with Crippen LogP contribution in [0.2, 0.25) is 0 Å². The maximum Gasteiger partial charge on any atom is 0.129 e. The van der Waals surface area contributed by atoms with Gasteiger partial charge in [-0.3, -0.25) is 0 Å². The van der Waals surface area contributed by atoms with E-state index in [0.717, 1.165) is 11.5 Å². The summed E-state index contributed by atoms with van der Waals surface area (Å²) in [5.74, 6) is 0.988.